The minimum Gasteiger partial charge on any atom is -0.505 e. The number of aliphatic hydroxyl groups is 5. The average molecular weight is 694 g/mol. The smallest absolute Gasteiger partial charge is 0.235 e. The quantitative estimate of drug-likeness (QED) is 0.126. The van der Waals surface area contributed by atoms with Gasteiger partial charge in [0.25, 0.3) is 0 Å². The second-order valence-electron chi connectivity index (χ2n) is 14.5. The number of fused-ring (bicyclic) bond motifs is 3. The van der Waals surface area contributed by atoms with Crippen molar-refractivity contribution in [3.05, 3.63) is 52.6 Å². The van der Waals surface area contributed by atoms with E-state index in [4.69, 9.17) is 5.73 Å². The maximum Gasteiger partial charge on any atom is 0.235 e. The van der Waals surface area contributed by atoms with Gasteiger partial charge in [0.2, 0.25) is 5.91 Å². The van der Waals surface area contributed by atoms with Crippen molar-refractivity contribution in [3.8, 4) is 5.75 Å². The Morgan fingerprint density at radius 3 is 2.26 bits per heavy atom. The molecule has 0 aromatic heterocycles. The number of primary amides is 1. The van der Waals surface area contributed by atoms with Crippen LogP contribution in [0.5, 0.6) is 5.75 Å². The molecule has 4 aliphatic rings. The van der Waals surface area contributed by atoms with Crippen LogP contribution >= 0.6 is 0 Å². The van der Waals surface area contributed by atoms with Crippen LogP contribution in [0.2, 0.25) is 0 Å². The molecule has 2 unspecified atom stereocenters. The maximum atomic E-state index is 14.2. The van der Waals surface area contributed by atoms with Crippen LogP contribution in [0.4, 0.5) is 11.4 Å². The van der Waals surface area contributed by atoms with E-state index in [1.807, 2.05) is 24.3 Å². The van der Waals surface area contributed by atoms with Crippen molar-refractivity contribution in [1.82, 2.24) is 0 Å². The Labute approximate surface area is 287 Å². The molecule has 50 heavy (non-hydrogen) atoms. The van der Waals surface area contributed by atoms with Crippen molar-refractivity contribution < 1.29 is 54.6 Å². The second-order valence-corrected chi connectivity index (χ2v) is 14.5. The number of aliphatic hydroxyl groups excluding tert-OH is 4. The average Bonchev–Trinajstić information content (AvgIpc) is 3.06. The van der Waals surface area contributed by atoms with Crippen molar-refractivity contribution >= 4 is 40.4 Å². The number of phenols is 1. The first-order chi connectivity index (χ1) is 23.6. The lowest BCUT2D eigenvalue weighted by Gasteiger charge is -2.48. The Hall–Kier alpha value is -4.21. The van der Waals surface area contributed by atoms with Gasteiger partial charge < -0.3 is 46.6 Å². The number of hydrogen-bond donors (Lipinski definition) is 8. The zero-order valence-corrected chi connectivity index (χ0v) is 27.8. The number of ketones is 4. The van der Waals surface area contributed by atoms with Gasteiger partial charge in [-0.05, 0) is 60.3 Å². The van der Waals surface area contributed by atoms with Gasteiger partial charge >= 0.3 is 0 Å². The van der Waals surface area contributed by atoms with Gasteiger partial charge in [-0.25, -0.2) is 0 Å². The van der Waals surface area contributed by atoms with Gasteiger partial charge in [0.1, 0.15) is 11.9 Å². The number of Topliss-reactive ketones (excluding diaryl/α,β-unsaturated/α-hetero) is 4. The summed E-state index contributed by atoms with van der Waals surface area (Å²) in [7, 11) is 3.52. The van der Waals surface area contributed by atoms with E-state index >= 15 is 0 Å². The fraction of sp³-hybridized carbons (Fsp3) is 0.528. The van der Waals surface area contributed by atoms with E-state index in [2.05, 4.69) is 5.32 Å². The number of carbonyl (C=O) groups excluding carboxylic acids is 5. The highest BCUT2D eigenvalue weighted by atomic mass is 16.4. The van der Waals surface area contributed by atoms with Crippen molar-refractivity contribution in [2.45, 2.75) is 62.6 Å². The number of nitrogens with zero attached hydrogens (tertiary/aromatic N) is 1. The zero-order chi connectivity index (χ0) is 36.4. The fourth-order valence-electron chi connectivity index (χ4n) is 8.76. The number of carbonyl (C=O) groups is 5. The summed E-state index contributed by atoms with van der Waals surface area (Å²) < 4.78 is 0. The molecule has 9 N–H and O–H groups in total. The van der Waals surface area contributed by atoms with Crippen LogP contribution < -0.4 is 16.0 Å². The highest BCUT2D eigenvalue weighted by molar-refractivity contribution is 6.31. The summed E-state index contributed by atoms with van der Waals surface area (Å²) in [5, 5.41) is 67.3. The summed E-state index contributed by atoms with van der Waals surface area (Å²) in [6.07, 6.45) is -3.51. The Balaban J connectivity index is 1.30. The van der Waals surface area contributed by atoms with Crippen LogP contribution in [0, 0.1) is 35.5 Å². The van der Waals surface area contributed by atoms with Gasteiger partial charge in [0, 0.05) is 51.2 Å². The van der Waals surface area contributed by atoms with Crippen LogP contribution in [0.25, 0.3) is 0 Å². The second kappa shape index (κ2) is 13.2. The number of anilines is 2. The third-order valence-electron chi connectivity index (χ3n) is 11.4. The third-order valence-corrected chi connectivity index (χ3v) is 11.4. The molecular weight excluding hydrogens is 650 g/mol. The fourth-order valence-corrected chi connectivity index (χ4v) is 8.76. The minimum absolute atomic E-state index is 0.00377. The summed E-state index contributed by atoms with van der Waals surface area (Å²) in [4.78, 5) is 67.8. The van der Waals surface area contributed by atoms with Gasteiger partial charge in [0.15, 0.2) is 34.7 Å². The lowest BCUT2D eigenvalue weighted by atomic mass is 9.53. The molecule has 14 nitrogen and oxygen atoms in total. The molecule has 0 heterocycles. The molecule has 268 valence electrons. The summed E-state index contributed by atoms with van der Waals surface area (Å²) in [5.74, 6) is -11.9. The summed E-state index contributed by atoms with van der Waals surface area (Å²) in [5.41, 5.74) is 5.26. The number of amides is 1. The topological polar surface area (TPSA) is 248 Å². The summed E-state index contributed by atoms with van der Waals surface area (Å²) in [6.45, 7) is -0.184. The minimum atomic E-state index is -2.74. The van der Waals surface area contributed by atoms with E-state index < -0.39 is 101 Å². The van der Waals surface area contributed by atoms with Gasteiger partial charge in [-0.15, -0.1) is 0 Å². The van der Waals surface area contributed by atoms with Gasteiger partial charge in [-0.1, -0.05) is 24.3 Å². The largest absolute Gasteiger partial charge is 0.505 e. The SMILES string of the molecule is CN(C)c1cc(NCc2ccccc2C[C@H]2C[C@@H](CO)[C@@H](O)[C@@H](O)[C@H]2O)c(O)c2c1C[C@H]1C[C@H]3CC(=O)C(C(N)=O)C(=O)[C@@]3(O)C(=O)C1C2=O. The molecule has 2 aromatic rings. The van der Waals surface area contributed by atoms with Crippen molar-refractivity contribution in [3.63, 3.8) is 0 Å². The molecule has 0 spiro atoms. The third kappa shape index (κ3) is 5.59. The first kappa shape index (κ1) is 35.6. The van der Waals surface area contributed by atoms with E-state index in [0.29, 0.717) is 24.1 Å². The first-order valence-electron chi connectivity index (χ1n) is 16.8. The molecule has 4 aliphatic carbocycles. The molecule has 0 aliphatic heterocycles. The molecule has 0 radical (unpaired) electrons. The lowest BCUT2D eigenvalue weighted by Crippen LogP contribution is -2.68. The summed E-state index contributed by atoms with van der Waals surface area (Å²) >= 11 is 0. The van der Waals surface area contributed by atoms with Crippen molar-refractivity contribution in [1.29, 1.82) is 0 Å². The lowest BCUT2D eigenvalue weighted by molar-refractivity contribution is -0.175. The highest BCUT2D eigenvalue weighted by Crippen LogP contribution is 2.52. The van der Waals surface area contributed by atoms with Crippen LogP contribution in [0.1, 0.15) is 46.3 Å². The predicted molar refractivity (Wildman–Crippen MR) is 177 cm³/mol. The predicted octanol–water partition coefficient (Wildman–Crippen LogP) is -0.741. The molecular formula is C36H43N3O11. The Bertz CT molecular complexity index is 1760. The number of hydrogen-bond acceptors (Lipinski definition) is 13. The van der Waals surface area contributed by atoms with Crippen LogP contribution in [0.15, 0.2) is 30.3 Å². The van der Waals surface area contributed by atoms with Crippen molar-refractivity contribution in [2.24, 2.45) is 41.2 Å². The highest BCUT2D eigenvalue weighted by Gasteiger charge is 2.66. The normalized spacial score (nSPS) is 33.7. The molecule has 2 aromatic carbocycles. The Morgan fingerprint density at radius 1 is 0.960 bits per heavy atom. The molecule has 14 heteroatoms. The number of rotatable bonds is 8. The van der Waals surface area contributed by atoms with Crippen LogP contribution in [-0.4, -0.2) is 104 Å². The monoisotopic (exact) mass is 693 g/mol. The molecule has 3 saturated carbocycles. The molecule has 10 atom stereocenters. The van der Waals surface area contributed by atoms with Crippen LogP contribution in [-0.2, 0) is 38.6 Å². The van der Waals surface area contributed by atoms with E-state index in [1.54, 1.807) is 25.1 Å². The Morgan fingerprint density at radius 2 is 1.62 bits per heavy atom. The zero-order valence-electron chi connectivity index (χ0n) is 27.8. The van der Waals surface area contributed by atoms with Gasteiger partial charge in [-0.3, -0.25) is 24.0 Å². The van der Waals surface area contributed by atoms with E-state index in [9.17, 15) is 54.6 Å². The van der Waals surface area contributed by atoms with E-state index in [-0.39, 0.29) is 37.2 Å². The van der Waals surface area contributed by atoms with Gasteiger partial charge in [0.05, 0.1) is 29.4 Å². The molecule has 1 amide bonds. The van der Waals surface area contributed by atoms with E-state index in [0.717, 1.165) is 11.1 Å². The number of nitrogens with two attached hydrogens (primary N) is 1. The molecule has 0 saturated heterocycles. The molecule has 3 fully saturated rings. The van der Waals surface area contributed by atoms with E-state index in [1.165, 1.54) is 0 Å². The number of benzene rings is 2. The standard InChI is InChI=1S/C36H43N3O11/c1-39(2)23-12-22(38-13-16-6-4-3-5-15(16)7-18-8-19(14-40)29(43)32(46)28(18)42)30(44)26-21(23)10-17-9-20-11-24(41)27(35(37)49)34(48)36(20,50)33(47)25(17)31(26)45/h3-6,12,17-20,25,27-29,32,38,40,42-44,46,50H,7-11,13-14H2,1-2H3,(H2,37,49)/t17-,18+,19+,20+,25?,27?,28+,29-,32+,36+/m1/s1. The van der Waals surface area contributed by atoms with Gasteiger partial charge in [-0.2, -0.15) is 0 Å². The van der Waals surface area contributed by atoms with Crippen LogP contribution in [0.3, 0.4) is 0 Å². The Kier molecular flexibility index (Phi) is 9.37. The first-order valence-corrected chi connectivity index (χ1v) is 16.8. The summed E-state index contributed by atoms with van der Waals surface area (Å²) in [6, 6.07) is 9.01. The molecule has 0 bridgehead atoms. The number of phenolic OH excluding ortho intramolecular Hbond substituents is 1. The number of aromatic hydroxyl groups is 1. The van der Waals surface area contributed by atoms with Crippen molar-refractivity contribution in [2.75, 3.05) is 30.9 Å². The molecule has 6 rings (SSSR count). The maximum absolute atomic E-state index is 14.2. The number of nitrogens with one attached hydrogen (secondary N) is 1.